The van der Waals surface area contributed by atoms with E-state index >= 15 is 0 Å². The number of aliphatic carboxylic acids is 4. The minimum absolute atomic E-state index is 0.0138. The lowest BCUT2D eigenvalue weighted by Crippen LogP contribution is -2.41. The van der Waals surface area contributed by atoms with E-state index in [1.165, 1.54) is 50.6 Å². The number of fused-ring (bicyclic) bond motifs is 6. The van der Waals surface area contributed by atoms with Crippen LogP contribution in [-0.2, 0) is 32.3 Å². The van der Waals surface area contributed by atoms with Gasteiger partial charge in [-0.3, -0.25) is 19.2 Å². The van der Waals surface area contributed by atoms with Gasteiger partial charge < -0.3 is 90.9 Å². The van der Waals surface area contributed by atoms with Crippen molar-refractivity contribution in [3.05, 3.63) is 165 Å². The van der Waals surface area contributed by atoms with Gasteiger partial charge in [0.2, 0.25) is 23.4 Å². The molecule has 2 amide bonds. The summed E-state index contributed by atoms with van der Waals surface area (Å²) in [6.45, 7) is 0.739. The van der Waals surface area contributed by atoms with E-state index in [2.05, 4.69) is 50.5 Å². The first-order chi connectivity index (χ1) is 46.9. The van der Waals surface area contributed by atoms with Crippen molar-refractivity contribution in [2.45, 2.75) is 50.9 Å². The van der Waals surface area contributed by atoms with Crippen molar-refractivity contribution in [3.63, 3.8) is 0 Å². The number of anilines is 6. The molecule has 0 aliphatic heterocycles. The highest BCUT2D eigenvalue weighted by Gasteiger charge is 2.24. The lowest BCUT2D eigenvalue weighted by atomic mass is 10.1. The lowest BCUT2D eigenvalue weighted by molar-refractivity contribution is -0.142. The number of nitrogens with zero attached hydrogens (tertiary/aromatic N) is 10. The molecule has 0 spiro atoms. The largest absolute Gasteiger partial charge is 0.490 e. The number of nitrogen functional groups attached to an aromatic ring is 4. The highest BCUT2D eigenvalue weighted by molar-refractivity contribution is 6.02. The van der Waals surface area contributed by atoms with E-state index in [1.54, 1.807) is 61.3 Å². The molecule has 12 aromatic rings. The fraction of sp³-hybridized carbons (Fsp3) is 0.188. The van der Waals surface area contributed by atoms with Crippen LogP contribution in [0, 0.1) is 0 Å². The number of aromatic nitrogens is 8. The SMILES string of the molecule is CN(Cc1cnc2nc(N)nc(N)c2n1)c1ccc(C(=O)N[C@@H](CCC(=O)O)C(=O)O)cc1.CN(Cc1cnc2nc(N)nc(N)c2n1)c1ccc(C(=O)N[C@@H](CCC(=O)O)C(=O)O)cc1.COc1c2occc2cc2ccc(=O)oc12.COc1c2occc2cc2ccc(=O)oc12. The predicted molar refractivity (Wildman–Crippen MR) is 354 cm³/mol. The van der Waals surface area contributed by atoms with Gasteiger partial charge in [0.15, 0.2) is 56.3 Å². The van der Waals surface area contributed by atoms with E-state index in [0.29, 0.717) is 80.6 Å². The van der Waals surface area contributed by atoms with Gasteiger partial charge in [-0.25, -0.2) is 39.1 Å². The van der Waals surface area contributed by atoms with Crippen LogP contribution >= 0.6 is 0 Å². The van der Waals surface area contributed by atoms with Crippen molar-refractivity contribution in [3.8, 4) is 11.5 Å². The van der Waals surface area contributed by atoms with E-state index in [0.717, 1.165) is 32.9 Å². The van der Waals surface area contributed by atoms with Gasteiger partial charge in [0.25, 0.3) is 11.8 Å². The zero-order valence-corrected chi connectivity index (χ0v) is 52.2. The molecule has 12 rings (SSSR count). The van der Waals surface area contributed by atoms with Crippen molar-refractivity contribution < 1.29 is 76.3 Å². The average Bonchev–Trinajstić information content (AvgIpc) is 1.41. The number of amides is 2. The standard InChI is InChI=1S/2C20H22N8O5.2C12H8O4/c2*1-28(9-11-8-23-17-15(24-11)16(21)26-20(22)27-17)12-4-2-10(3-5-12)18(31)25-13(19(32)33)6-7-14(29)30;2*1-14-12-10-8(4-5-15-10)6-7-2-3-9(13)16-11(7)12/h2*2-5,8,13H,6-7,9H2,1H3,(H,25,31)(H,29,30)(H,32,33)(H4,21,22,23,26,27);2*2-6H,1H3/t2*13-;;/m00../s1. The molecule has 98 heavy (non-hydrogen) atoms. The Morgan fingerprint density at radius 1 is 0.500 bits per heavy atom. The quantitative estimate of drug-likeness (QED) is 0.0413. The Morgan fingerprint density at radius 2 is 0.867 bits per heavy atom. The molecule has 0 saturated heterocycles. The molecule has 0 saturated carbocycles. The fourth-order valence-corrected chi connectivity index (χ4v) is 9.64. The summed E-state index contributed by atoms with van der Waals surface area (Å²) in [6, 6.07) is 23.9. The third kappa shape index (κ3) is 16.8. The average molecular weight is 1340 g/mol. The molecular formula is C64H60N16O18. The van der Waals surface area contributed by atoms with Crippen LogP contribution < -0.4 is 64.1 Å². The summed E-state index contributed by atoms with van der Waals surface area (Å²) in [4.78, 5) is 128. The minimum atomic E-state index is -1.30. The predicted octanol–water partition coefficient (Wildman–Crippen LogP) is 5.63. The molecule has 0 aliphatic rings. The van der Waals surface area contributed by atoms with Gasteiger partial charge in [-0.2, -0.15) is 19.9 Å². The van der Waals surface area contributed by atoms with E-state index < -0.39 is 59.0 Å². The van der Waals surface area contributed by atoms with Crippen LogP contribution in [0.1, 0.15) is 57.8 Å². The second-order valence-corrected chi connectivity index (χ2v) is 21.2. The summed E-state index contributed by atoms with van der Waals surface area (Å²) in [6.07, 6.45) is 5.08. The molecule has 34 heteroatoms. The van der Waals surface area contributed by atoms with Gasteiger partial charge in [-0.05, 0) is 97.8 Å². The number of carboxylic acids is 4. The Hall–Kier alpha value is -13.6. The monoisotopic (exact) mass is 1340 g/mol. The lowest BCUT2D eigenvalue weighted by Gasteiger charge is -2.19. The molecule has 8 heterocycles. The Bertz CT molecular complexity index is 4790. The van der Waals surface area contributed by atoms with E-state index in [-0.39, 0.29) is 60.3 Å². The Balaban J connectivity index is 0.000000161. The highest BCUT2D eigenvalue weighted by atomic mass is 16.5. The molecule has 34 nitrogen and oxygen atoms in total. The van der Waals surface area contributed by atoms with Crippen LogP contribution in [0.3, 0.4) is 0 Å². The summed E-state index contributed by atoms with van der Waals surface area (Å²) in [7, 11) is 6.67. The molecule has 4 aromatic carbocycles. The molecule has 0 radical (unpaired) electrons. The number of ether oxygens (including phenoxy) is 2. The van der Waals surface area contributed by atoms with Crippen LogP contribution in [0.25, 0.3) is 66.2 Å². The molecule has 0 bridgehead atoms. The second-order valence-electron chi connectivity index (χ2n) is 21.2. The molecule has 0 unspecified atom stereocenters. The summed E-state index contributed by atoms with van der Waals surface area (Å²) < 4.78 is 31.3. The number of carboxylic acid groups (broad SMARTS) is 4. The topological polar surface area (TPSA) is 526 Å². The first-order valence-electron chi connectivity index (χ1n) is 29.0. The van der Waals surface area contributed by atoms with Crippen LogP contribution in [0.2, 0.25) is 0 Å². The number of nitrogens with one attached hydrogen (secondary N) is 2. The highest BCUT2D eigenvalue weighted by Crippen LogP contribution is 2.36. The Morgan fingerprint density at radius 3 is 1.21 bits per heavy atom. The van der Waals surface area contributed by atoms with Gasteiger partial charge in [0.05, 0.1) is 63.6 Å². The fourth-order valence-electron chi connectivity index (χ4n) is 9.64. The van der Waals surface area contributed by atoms with Gasteiger partial charge in [-0.15, -0.1) is 0 Å². The zero-order valence-electron chi connectivity index (χ0n) is 52.2. The smallest absolute Gasteiger partial charge is 0.336 e. The first kappa shape index (κ1) is 68.8. The Labute approximate surface area is 550 Å². The van der Waals surface area contributed by atoms with Crippen molar-refractivity contribution in [2.24, 2.45) is 0 Å². The maximum Gasteiger partial charge on any atom is 0.336 e. The number of hydrogen-bond acceptors (Lipinski definition) is 28. The summed E-state index contributed by atoms with van der Waals surface area (Å²) in [5, 5.41) is 43.9. The van der Waals surface area contributed by atoms with Gasteiger partial charge in [0, 0.05) is 83.1 Å². The summed E-state index contributed by atoms with van der Waals surface area (Å²) in [5.41, 5.74) is 28.5. The molecule has 0 aliphatic carbocycles. The molecular weight excluding hydrogens is 1280 g/mol. The van der Waals surface area contributed by atoms with Crippen LogP contribution in [-0.4, -0.2) is 136 Å². The van der Waals surface area contributed by atoms with Crippen LogP contribution in [0.4, 0.5) is 34.9 Å². The molecule has 14 N–H and O–H groups in total. The number of furan rings is 2. The number of carbonyl (C=O) groups is 6. The van der Waals surface area contributed by atoms with E-state index in [4.69, 9.17) is 60.3 Å². The first-order valence-corrected chi connectivity index (χ1v) is 29.0. The third-order valence-corrected chi connectivity index (χ3v) is 14.4. The minimum Gasteiger partial charge on any atom is -0.490 e. The van der Waals surface area contributed by atoms with Crippen molar-refractivity contribution in [1.29, 1.82) is 0 Å². The second kappa shape index (κ2) is 30.5. The van der Waals surface area contributed by atoms with Crippen LogP contribution in [0.5, 0.6) is 11.5 Å². The van der Waals surface area contributed by atoms with Gasteiger partial charge in [0.1, 0.15) is 12.1 Å². The van der Waals surface area contributed by atoms with Gasteiger partial charge in [-0.1, -0.05) is 0 Å². The van der Waals surface area contributed by atoms with Crippen LogP contribution in [0.15, 0.2) is 149 Å². The normalized spacial score (nSPS) is 11.5. The van der Waals surface area contributed by atoms with E-state index in [9.17, 15) is 48.6 Å². The number of benzene rings is 4. The maximum absolute atomic E-state index is 12.4. The zero-order chi connectivity index (χ0) is 70.5. The number of hydrogen-bond donors (Lipinski definition) is 10. The maximum atomic E-state index is 12.4. The summed E-state index contributed by atoms with van der Waals surface area (Å²) >= 11 is 0. The van der Waals surface area contributed by atoms with Gasteiger partial charge >= 0.3 is 35.1 Å². The molecule has 504 valence electrons. The molecule has 0 fully saturated rings. The third-order valence-electron chi connectivity index (χ3n) is 14.4. The van der Waals surface area contributed by atoms with Crippen molar-refractivity contribution in [1.82, 2.24) is 50.5 Å². The molecule has 2 atom stereocenters. The summed E-state index contributed by atoms with van der Waals surface area (Å²) in [5.74, 6) is -4.91. The van der Waals surface area contributed by atoms with E-state index in [1.807, 2.05) is 48.2 Å². The molecule has 8 aromatic heterocycles. The number of carbonyl (C=O) groups excluding carboxylic acids is 2. The van der Waals surface area contributed by atoms with Crippen molar-refractivity contribution in [2.75, 3.05) is 61.0 Å². The number of rotatable bonds is 20. The number of nitrogens with two attached hydrogens (primary N) is 4. The Kier molecular flexibility index (Phi) is 21.4. The van der Waals surface area contributed by atoms with Crippen molar-refractivity contribution >= 4 is 137 Å². The number of methoxy groups -OCH3 is 2.